The largest absolute Gasteiger partial charge is 0.496 e. The molecule has 1 rings (SSSR count). The van der Waals surface area contributed by atoms with Gasteiger partial charge in [0.25, 0.3) is 0 Å². The maximum Gasteiger partial charge on any atom is 0.240 e. The molecule has 0 aliphatic heterocycles. The number of aryl methyl sites for hydroxylation is 1. The first-order valence-electron chi connectivity index (χ1n) is 5.69. The molecular weight excluding hydrogens is 232 g/mol. The second kappa shape index (κ2) is 6.26. The Balaban J connectivity index is 3.16. The number of hydrogen-bond donors (Lipinski definition) is 1. The van der Waals surface area contributed by atoms with Crippen LogP contribution in [0.25, 0.3) is 0 Å². The van der Waals surface area contributed by atoms with Crippen LogP contribution in [0, 0.1) is 6.92 Å². The number of methoxy groups -OCH3 is 2. The molecule has 0 aliphatic rings. The second-order valence-corrected chi connectivity index (χ2v) is 3.98. The minimum atomic E-state index is -0.0401. The molecule has 0 fully saturated rings. The van der Waals surface area contributed by atoms with Crippen molar-refractivity contribution < 1.29 is 14.3 Å². The average molecular weight is 252 g/mol. The van der Waals surface area contributed by atoms with E-state index in [1.165, 1.54) is 0 Å². The molecule has 1 aromatic rings. The van der Waals surface area contributed by atoms with Gasteiger partial charge in [0.1, 0.15) is 11.5 Å². The number of benzene rings is 1. The molecule has 0 saturated heterocycles. The maximum absolute atomic E-state index is 11.9. The van der Waals surface area contributed by atoms with Crippen molar-refractivity contribution in [2.75, 3.05) is 39.8 Å². The number of hydrogen-bond acceptors (Lipinski definition) is 4. The lowest BCUT2D eigenvalue weighted by atomic mass is 10.1. The van der Waals surface area contributed by atoms with Crippen molar-refractivity contribution in [2.24, 2.45) is 0 Å². The van der Waals surface area contributed by atoms with E-state index < -0.39 is 0 Å². The van der Waals surface area contributed by atoms with Gasteiger partial charge in [-0.05, 0) is 25.6 Å². The molecule has 5 nitrogen and oxygen atoms in total. The average Bonchev–Trinajstić information content (AvgIpc) is 2.37. The summed E-state index contributed by atoms with van der Waals surface area (Å²) in [6.45, 7) is 2.20. The van der Waals surface area contributed by atoms with Crippen molar-refractivity contribution in [3.05, 3.63) is 17.7 Å². The molecule has 0 spiro atoms. The maximum atomic E-state index is 11.9. The molecule has 0 atom stereocenters. The van der Waals surface area contributed by atoms with Gasteiger partial charge in [0.15, 0.2) is 0 Å². The van der Waals surface area contributed by atoms with E-state index in [-0.39, 0.29) is 12.5 Å². The topological polar surface area (TPSA) is 50.8 Å². The van der Waals surface area contributed by atoms with Gasteiger partial charge >= 0.3 is 0 Å². The number of anilines is 1. The van der Waals surface area contributed by atoms with Crippen LogP contribution in [0.1, 0.15) is 5.56 Å². The van der Waals surface area contributed by atoms with Crippen LogP contribution in [0.5, 0.6) is 11.5 Å². The Hall–Kier alpha value is -1.75. The first kappa shape index (κ1) is 14.3. The number of amides is 1. The highest BCUT2D eigenvalue weighted by atomic mass is 16.5. The summed E-state index contributed by atoms with van der Waals surface area (Å²) in [5.74, 6) is 1.34. The van der Waals surface area contributed by atoms with Crippen LogP contribution in [-0.4, -0.2) is 40.8 Å². The third kappa shape index (κ3) is 2.92. The van der Waals surface area contributed by atoms with Crippen LogP contribution in [0.4, 0.5) is 5.69 Å². The zero-order valence-electron chi connectivity index (χ0n) is 11.5. The lowest BCUT2D eigenvalue weighted by molar-refractivity contribution is -0.117. The highest BCUT2D eigenvalue weighted by molar-refractivity contribution is 5.96. The van der Waals surface area contributed by atoms with Gasteiger partial charge in [-0.25, -0.2) is 0 Å². The fourth-order valence-electron chi connectivity index (χ4n) is 1.70. The number of likely N-dealkylation sites (N-methyl/N-ethyl adjacent to an activating group) is 2. The monoisotopic (exact) mass is 252 g/mol. The lowest BCUT2D eigenvalue weighted by Crippen LogP contribution is -2.34. The normalized spacial score (nSPS) is 10.1. The highest BCUT2D eigenvalue weighted by Crippen LogP contribution is 2.34. The summed E-state index contributed by atoms with van der Waals surface area (Å²) >= 11 is 0. The molecular formula is C13H20N2O3. The third-order valence-corrected chi connectivity index (χ3v) is 2.76. The molecule has 0 bridgehead atoms. The first-order chi connectivity index (χ1) is 8.54. The Bertz CT molecular complexity index is 432. The predicted molar refractivity (Wildman–Crippen MR) is 71.6 cm³/mol. The van der Waals surface area contributed by atoms with E-state index in [2.05, 4.69) is 5.32 Å². The number of nitrogens with zero attached hydrogens (tertiary/aromatic N) is 1. The van der Waals surface area contributed by atoms with E-state index in [4.69, 9.17) is 9.47 Å². The molecule has 1 aromatic carbocycles. The smallest absolute Gasteiger partial charge is 0.240 e. The van der Waals surface area contributed by atoms with Gasteiger partial charge in [-0.1, -0.05) is 0 Å². The summed E-state index contributed by atoms with van der Waals surface area (Å²) in [6, 6.07) is 3.67. The minimum absolute atomic E-state index is 0.0401. The summed E-state index contributed by atoms with van der Waals surface area (Å²) in [7, 11) is 6.64. The van der Waals surface area contributed by atoms with E-state index in [1.54, 1.807) is 33.2 Å². The van der Waals surface area contributed by atoms with Crippen LogP contribution in [0.3, 0.4) is 0 Å². The summed E-state index contributed by atoms with van der Waals surface area (Å²) < 4.78 is 10.6. The van der Waals surface area contributed by atoms with Crippen LogP contribution in [-0.2, 0) is 4.79 Å². The molecule has 0 heterocycles. The fourth-order valence-corrected chi connectivity index (χ4v) is 1.70. The molecule has 0 radical (unpaired) electrons. The predicted octanol–water partition coefficient (Wildman–Crippen LogP) is 1.19. The Morgan fingerprint density at radius 3 is 2.39 bits per heavy atom. The Labute approximate surface area is 108 Å². The van der Waals surface area contributed by atoms with E-state index in [9.17, 15) is 4.79 Å². The van der Waals surface area contributed by atoms with Gasteiger partial charge < -0.3 is 19.7 Å². The van der Waals surface area contributed by atoms with Gasteiger partial charge in [-0.15, -0.1) is 0 Å². The zero-order chi connectivity index (χ0) is 13.7. The van der Waals surface area contributed by atoms with Crippen molar-refractivity contribution in [1.29, 1.82) is 0 Å². The Kier molecular flexibility index (Phi) is 4.97. The number of rotatable bonds is 5. The number of nitrogens with one attached hydrogen (secondary N) is 1. The molecule has 0 aliphatic carbocycles. The van der Waals surface area contributed by atoms with Crippen LogP contribution in [0.2, 0.25) is 0 Å². The van der Waals surface area contributed by atoms with Crippen LogP contribution in [0.15, 0.2) is 12.1 Å². The lowest BCUT2D eigenvalue weighted by Gasteiger charge is -2.21. The van der Waals surface area contributed by atoms with Crippen molar-refractivity contribution in [2.45, 2.75) is 6.92 Å². The molecule has 1 amide bonds. The number of carbonyl (C=O) groups is 1. The molecule has 1 N–H and O–H groups in total. The van der Waals surface area contributed by atoms with Crippen molar-refractivity contribution in [3.63, 3.8) is 0 Å². The number of carbonyl (C=O) groups excluding carboxylic acids is 1. The van der Waals surface area contributed by atoms with Gasteiger partial charge in [0.05, 0.1) is 26.5 Å². The van der Waals surface area contributed by atoms with Gasteiger partial charge in [0, 0.05) is 13.1 Å². The Morgan fingerprint density at radius 2 is 1.89 bits per heavy atom. The van der Waals surface area contributed by atoms with Crippen LogP contribution >= 0.6 is 0 Å². The summed E-state index contributed by atoms with van der Waals surface area (Å²) in [5.41, 5.74) is 1.66. The molecule has 0 unspecified atom stereocenters. The Morgan fingerprint density at radius 1 is 1.28 bits per heavy atom. The molecule has 100 valence electrons. The molecule has 5 heteroatoms. The summed E-state index contributed by atoms with van der Waals surface area (Å²) in [6.07, 6.45) is 0. The molecule has 0 aromatic heterocycles. The van der Waals surface area contributed by atoms with Crippen molar-refractivity contribution in [1.82, 2.24) is 5.32 Å². The highest BCUT2D eigenvalue weighted by Gasteiger charge is 2.17. The van der Waals surface area contributed by atoms with Gasteiger partial charge in [0.2, 0.25) is 5.91 Å². The van der Waals surface area contributed by atoms with E-state index >= 15 is 0 Å². The van der Waals surface area contributed by atoms with E-state index in [0.29, 0.717) is 11.4 Å². The van der Waals surface area contributed by atoms with Gasteiger partial charge in [-0.3, -0.25) is 4.79 Å². The quantitative estimate of drug-likeness (QED) is 0.855. The minimum Gasteiger partial charge on any atom is -0.496 e. The van der Waals surface area contributed by atoms with Crippen LogP contribution < -0.4 is 19.7 Å². The summed E-state index contributed by atoms with van der Waals surface area (Å²) in [4.78, 5) is 13.4. The molecule has 18 heavy (non-hydrogen) atoms. The molecule has 0 saturated carbocycles. The van der Waals surface area contributed by atoms with Gasteiger partial charge in [-0.2, -0.15) is 0 Å². The van der Waals surface area contributed by atoms with E-state index in [0.717, 1.165) is 11.3 Å². The zero-order valence-corrected chi connectivity index (χ0v) is 11.5. The first-order valence-corrected chi connectivity index (χ1v) is 5.69. The third-order valence-electron chi connectivity index (χ3n) is 2.76. The van der Waals surface area contributed by atoms with Crippen molar-refractivity contribution in [3.8, 4) is 11.5 Å². The summed E-state index contributed by atoms with van der Waals surface area (Å²) in [5, 5.41) is 2.83. The second-order valence-electron chi connectivity index (χ2n) is 3.98. The standard InChI is InChI=1S/C13H20N2O3/c1-9-6-12(18-5)10(7-11(9)17-4)15(3)13(16)8-14-2/h6-7,14H,8H2,1-5H3. The van der Waals surface area contributed by atoms with Crippen molar-refractivity contribution >= 4 is 11.6 Å². The SMILES string of the molecule is CNCC(=O)N(C)c1cc(OC)c(C)cc1OC. The number of ether oxygens (including phenoxy) is 2. The fraction of sp³-hybridized carbons (Fsp3) is 0.462. The van der Waals surface area contributed by atoms with E-state index in [1.807, 2.05) is 19.1 Å².